The van der Waals surface area contributed by atoms with E-state index in [0.29, 0.717) is 28.3 Å². The third-order valence-corrected chi connectivity index (χ3v) is 4.42. The summed E-state index contributed by atoms with van der Waals surface area (Å²) in [7, 11) is 3.16. The highest BCUT2D eigenvalue weighted by Crippen LogP contribution is 2.24. The molecule has 7 heteroatoms. The smallest absolute Gasteiger partial charge is 0.255 e. The summed E-state index contributed by atoms with van der Waals surface area (Å²) in [5, 5.41) is 2.79. The first-order valence-corrected chi connectivity index (χ1v) is 9.15. The van der Waals surface area contributed by atoms with E-state index in [-0.39, 0.29) is 12.5 Å². The Labute approximate surface area is 174 Å². The Morgan fingerprint density at radius 3 is 2.07 bits per heavy atom. The van der Waals surface area contributed by atoms with Gasteiger partial charge < -0.3 is 25.3 Å². The summed E-state index contributed by atoms with van der Waals surface area (Å²) < 4.78 is 16.3. The fourth-order valence-corrected chi connectivity index (χ4v) is 2.79. The monoisotopic (exact) mass is 406 g/mol. The summed E-state index contributed by atoms with van der Waals surface area (Å²) in [5.41, 5.74) is 7.33. The molecular formula is C23H22N2O5. The van der Waals surface area contributed by atoms with Crippen LogP contribution in [-0.2, 0) is 6.61 Å². The first-order chi connectivity index (χ1) is 14.5. The van der Waals surface area contributed by atoms with Crippen LogP contribution >= 0.6 is 0 Å². The van der Waals surface area contributed by atoms with E-state index in [0.717, 1.165) is 11.3 Å². The molecule has 3 aromatic carbocycles. The Balaban J connectivity index is 1.72. The van der Waals surface area contributed by atoms with E-state index in [1.54, 1.807) is 80.9 Å². The van der Waals surface area contributed by atoms with Crippen LogP contribution in [-0.4, -0.2) is 26.0 Å². The third kappa shape index (κ3) is 5.08. The molecular weight excluding hydrogens is 384 g/mol. The van der Waals surface area contributed by atoms with E-state index in [9.17, 15) is 9.59 Å². The molecule has 0 bridgehead atoms. The van der Waals surface area contributed by atoms with E-state index in [1.165, 1.54) is 0 Å². The van der Waals surface area contributed by atoms with Gasteiger partial charge in [0.2, 0.25) is 5.91 Å². The van der Waals surface area contributed by atoms with Gasteiger partial charge in [0, 0.05) is 22.4 Å². The standard InChI is InChI=1S/C23H22N2O5/c1-28-19-8-10-20(11-9-19)30-14-17-13-16(5-12-21(17)29-2)23(27)25-18-6-3-15(4-7-18)22(24)26/h3-13H,14H2,1-2H3,(H2,24,26)(H,25,27). The molecule has 0 spiro atoms. The number of benzene rings is 3. The molecule has 0 aliphatic heterocycles. The van der Waals surface area contributed by atoms with Crippen molar-refractivity contribution in [3.05, 3.63) is 83.4 Å². The second kappa shape index (κ2) is 9.47. The van der Waals surface area contributed by atoms with Gasteiger partial charge in [0.05, 0.1) is 14.2 Å². The molecule has 0 heterocycles. The predicted molar refractivity (Wildman–Crippen MR) is 113 cm³/mol. The molecule has 0 radical (unpaired) electrons. The molecule has 3 aromatic rings. The lowest BCUT2D eigenvalue weighted by molar-refractivity contribution is 0.0998. The van der Waals surface area contributed by atoms with Crippen LogP contribution in [0.3, 0.4) is 0 Å². The van der Waals surface area contributed by atoms with E-state index < -0.39 is 5.91 Å². The second-order valence-corrected chi connectivity index (χ2v) is 6.39. The van der Waals surface area contributed by atoms with E-state index in [1.807, 2.05) is 0 Å². The summed E-state index contributed by atoms with van der Waals surface area (Å²) in [4.78, 5) is 23.8. The molecule has 0 unspecified atom stereocenters. The van der Waals surface area contributed by atoms with Gasteiger partial charge in [-0.15, -0.1) is 0 Å². The number of nitrogens with two attached hydrogens (primary N) is 1. The fraction of sp³-hybridized carbons (Fsp3) is 0.130. The Bertz CT molecular complexity index is 1030. The van der Waals surface area contributed by atoms with Gasteiger partial charge in [0.15, 0.2) is 0 Å². The van der Waals surface area contributed by atoms with Gasteiger partial charge in [0.25, 0.3) is 5.91 Å². The molecule has 3 N–H and O–H groups in total. The zero-order valence-corrected chi connectivity index (χ0v) is 16.7. The Morgan fingerprint density at radius 1 is 0.833 bits per heavy atom. The third-order valence-electron chi connectivity index (χ3n) is 4.42. The predicted octanol–water partition coefficient (Wildman–Crippen LogP) is 3.63. The molecule has 0 aromatic heterocycles. The van der Waals surface area contributed by atoms with Crippen LogP contribution in [0.5, 0.6) is 17.2 Å². The molecule has 0 saturated heterocycles. The number of anilines is 1. The number of hydrogen-bond donors (Lipinski definition) is 2. The van der Waals surface area contributed by atoms with Crippen LogP contribution in [0.1, 0.15) is 26.3 Å². The summed E-state index contributed by atoms with van der Waals surface area (Å²) >= 11 is 0. The number of amides is 2. The highest BCUT2D eigenvalue weighted by atomic mass is 16.5. The van der Waals surface area contributed by atoms with Crippen LogP contribution < -0.4 is 25.3 Å². The number of ether oxygens (including phenoxy) is 3. The minimum atomic E-state index is -0.524. The van der Waals surface area contributed by atoms with Crippen LogP contribution in [0, 0.1) is 0 Å². The van der Waals surface area contributed by atoms with Gasteiger partial charge >= 0.3 is 0 Å². The molecule has 30 heavy (non-hydrogen) atoms. The van der Waals surface area contributed by atoms with Crippen LogP contribution in [0.2, 0.25) is 0 Å². The molecule has 7 nitrogen and oxygen atoms in total. The van der Waals surface area contributed by atoms with Crippen molar-refractivity contribution >= 4 is 17.5 Å². The maximum absolute atomic E-state index is 12.6. The summed E-state index contributed by atoms with van der Waals surface area (Å²) in [6.45, 7) is 0.226. The molecule has 0 saturated carbocycles. The topological polar surface area (TPSA) is 99.9 Å². The maximum atomic E-state index is 12.6. The van der Waals surface area contributed by atoms with Crippen molar-refractivity contribution in [1.82, 2.24) is 0 Å². The molecule has 3 rings (SSSR count). The largest absolute Gasteiger partial charge is 0.497 e. The Morgan fingerprint density at radius 2 is 1.47 bits per heavy atom. The van der Waals surface area contributed by atoms with Crippen molar-refractivity contribution in [2.75, 3.05) is 19.5 Å². The zero-order valence-electron chi connectivity index (χ0n) is 16.7. The first-order valence-electron chi connectivity index (χ1n) is 9.15. The SMILES string of the molecule is COc1ccc(OCc2cc(C(=O)Nc3ccc(C(N)=O)cc3)ccc2OC)cc1. The molecule has 0 atom stereocenters. The Kier molecular flexibility index (Phi) is 6.54. The van der Waals surface area contributed by atoms with Gasteiger partial charge in [-0.3, -0.25) is 9.59 Å². The van der Waals surface area contributed by atoms with Gasteiger partial charge in [0.1, 0.15) is 23.9 Å². The van der Waals surface area contributed by atoms with Crippen molar-refractivity contribution in [2.24, 2.45) is 5.73 Å². The van der Waals surface area contributed by atoms with Crippen LogP contribution in [0.4, 0.5) is 5.69 Å². The molecule has 0 aliphatic carbocycles. The van der Waals surface area contributed by atoms with E-state index >= 15 is 0 Å². The Hall–Kier alpha value is -4.00. The van der Waals surface area contributed by atoms with Crippen molar-refractivity contribution in [3.63, 3.8) is 0 Å². The zero-order chi connectivity index (χ0) is 21.5. The summed E-state index contributed by atoms with van der Waals surface area (Å²) in [6, 6.07) is 18.7. The van der Waals surface area contributed by atoms with Crippen molar-refractivity contribution < 1.29 is 23.8 Å². The number of hydrogen-bond acceptors (Lipinski definition) is 5. The number of nitrogens with one attached hydrogen (secondary N) is 1. The number of methoxy groups -OCH3 is 2. The summed E-state index contributed by atoms with van der Waals surface area (Å²) in [6.07, 6.45) is 0. The summed E-state index contributed by atoms with van der Waals surface area (Å²) in [5.74, 6) is 1.20. The number of carbonyl (C=O) groups excluding carboxylic acids is 2. The number of carbonyl (C=O) groups is 2. The van der Waals surface area contributed by atoms with E-state index in [4.69, 9.17) is 19.9 Å². The lowest BCUT2D eigenvalue weighted by atomic mass is 10.1. The minimum Gasteiger partial charge on any atom is -0.497 e. The molecule has 154 valence electrons. The highest BCUT2D eigenvalue weighted by molar-refractivity contribution is 6.04. The number of primary amides is 1. The maximum Gasteiger partial charge on any atom is 0.255 e. The van der Waals surface area contributed by atoms with Gasteiger partial charge in [-0.2, -0.15) is 0 Å². The van der Waals surface area contributed by atoms with Gasteiger partial charge in [-0.1, -0.05) is 0 Å². The molecule has 0 fully saturated rings. The molecule has 0 aliphatic rings. The van der Waals surface area contributed by atoms with E-state index in [2.05, 4.69) is 5.32 Å². The van der Waals surface area contributed by atoms with Gasteiger partial charge in [-0.05, 0) is 66.7 Å². The van der Waals surface area contributed by atoms with Crippen molar-refractivity contribution in [3.8, 4) is 17.2 Å². The van der Waals surface area contributed by atoms with Crippen LogP contribution in [0.25, 0.3) is 0 Å². The average molecular weight is 406 g/mol. The van der Waals surface area contributed by atoms with Crippen molar-refractivity contribution in [1.29, 1.82) is 0 Å². The second-order valence-electron chi connectivity index (χ2n) is 6.39. The first kappa shape index (κ1) is 20.7. The van der Waals surface area contributed by atoms with Gasteiger partial charge in [-0.25, -0.2) is 0 Å². The highest BCUT2D eigenvalue weighted by Gasteiger charge is 2.12. The van der Waals surface area contributed by atoms with Crippen LogP contribution in [0.15, 0.2) is 66.7 Å². The van der Waals surface area contributed by atoms with Crippen molar-refractivity contribution in [2.45, 2.75) is 6.61 Å². The normalized spacial score (nSPS) is 10.2. The lowest BCUT2D eigenvalue weighted by Gasteiger charge is -2.13. The minimum absolute atomic E-state index is 0.226. The average Bonchev–Trinajstić information content (AvgIpc) is 2.78. The lowest BCUT2D eigenvalue weighted by Crippen LogP contribution is -2.14. The quantitative estimate of drug-likeness (QED) is 0.595. The number of rotatable bonds is 8. The fourth-order valence-electron chi connectivity index (χ4n) is 2.79. The molecule has 2 amide bonds.